The van der Waals surface area contributed by atoms with Gasteiger partial charge in [0.15, 0.2) is 5.60 Å². The van der Waals surface area contributed by atoms with Crippen molar-refractivity contribution < 1.29 is 19.3 Å². The van der Waals surface area contributed by atoms with Crippen molar-refractivity contribution in [3.63, 3.8) is 0 Å². The predicted octanol–water partition coefficient (Wildman–Crippen LogP) is 4.22. The molecule has 0 aliphatic carbocycles. The van der Waals surface area contributed by atoms with Crippen LogP contribution in [0.3, 0.4) is 0 Å². The molecule has 0 bridgehead atoms. The molecular weight excluding hydrogens is 292 g/mol. The summed E-state index contributed by atoms with van der Waals surface area (Å²) in [5, 5.41) is 11.4. The fourth-order valence-corrected chi connectivity index (χ4v) is 3.11. The molecule has 4 heteroatoms. The van der Waals surface area contributed by atoms with Crippen LogP contribution in [0.2, 0.25) is 0 Å². The zero-order chi connectivity index (χ0) is 17.2. The van der Waals surface area contributed by atoms with Gasteiger partial charge in [0.1, 0.15) is 0 Å². The molecule has 0 aliphatic heterocycles. The van der Waals surface area contributed by atoms with Crippen LogP contribution in [0.1, 0.15) is 57.4 Å². The summed E-state index contributed by atoms with van der Waals surface area (Å²) in [4.78, 5) is 0. The summed E-state index contributed by atoms with van der Waals surface area (Å²) in [5.74, 6) is -1.52. The lowest BCUT2D eigenvalue weighted by atomic mass is 9.85. The highest BCUT2D eigenvalue weighted by molar-refractivity contribution is 5.24. The number of ether oxygens (including phenoxy) is 3. The lowest BCUT2D eigenvalue weighted by Crippen LogP contribution is -2.56. The molecular formula is C19H32O4. The van der Waals surface area contributed by atoms with E-state index in [1.165, 1.54) is 47.0 Å². The number of aliphatic hydroxyl groups is 1. The van der Waals surface area contributed by atoms with E-state index in [0.717, 1.165) is 18.4 Å². The Labute approximate surface area is 140 Å². The average molecular weight is 324 g/mol. The largest absolute Gasteiger partial charge is 0.377 e. The molecule has 0 aliphatic rings. The van der Waals surface area contributed by atoms with Gasteiger partial charge < -0.3 is 19.3 Å². The van der Waals surface area contributed by atoms with Crippen molar-refractivity contribution in [3.05, 3.63) is 35.9 Å². The van der Waals surface area contributed by atoms with E-state index in [4.69, 9.17) is 14.2 Å². The van der Waals surface area contributed by atoms with Gasteiger partial charge in [0.25, 0.3) is 0 Å². The van der Waals surface area contributed by atoms with Gasteiger partial charge in [-0.25, -0.2) is 0 Å². The molecule has 1 unspecified atom stereocenters. The molecule has 0 spiro atoms. The van der Waals surface area contributed by atoms with Gasteiger partial charge in [-0.1, -0.05) is 69.4 Å². The molecule has 0 saturated carbocycles. The van der Waals surface area contributed by atoms with Crippen LogP contribution in [0.4, 0.5) is 0 Å². The van der Waals surface area contributed by atoms with Crippen molar-refractivity contribution in [2.24, 2.45) is 0 Å². The fourth-order valence-electron chi connectivity index (χ4n) is 3.11. The quantitative estimate of drug-likeness (QED) is 0.462. The maximum atomic E-state index is 11.4. The van der Waals surface area contributed by atoms with Crippen molar-refractivity contribution in [1.82, 2.24) is 0 Å². The van der Waals surface area contributed by atoms with Crippen molar-refractivity contribution in [3.8, 4) is 0 Å². The third-order valence-corrected chi connectivity index (χ3v) is 4.46. The van der Waals surface area contributed by atoms with Crippen LogP contribution in [0.5, 0.6) is 0 Å². The van der Waals surface area contributed by atoms with Gasteiger partial charge in [0.05, 0.1) is 0 Å². The van der Waals surface area contributed by atoms with Gasteiger partial charge in [0, 0.05) is 21.3 Å². The SMILES string of the molecule is CCCCCCCCC(O)(c1ccccc1)C(OC)(OC)OC. The van der Waals surface area contributed by atoms with Gasteiger partial charge >= 0.3 is 5.97 Å². The van der Waals surface area contributed by atoms with E-state index in [2.05, 4.69) is 6.92 Å². The van der Waals surface area contributed by atoms with Crippen molar-refractivity contribution in [2.45, 2.75) is 63.4 Å². The Morgan fingerprint density at radius 1 is 0.826 bits per heavy atom. The van der Waals surface area contributed by atoms with Crippen LogP contribution in [-0.4, -0.2) is 32.4 Å². The molecule has 23 heavy (non-hydrogen) atoms. The first kappa shape index (κ1) is 20.1. The Morgan fingerprint density at radius 2 is 1.35 bits per heavy atom. The Kier molecular flexibility index (Phi) is 8.77. The highest BCUT2D eigenvalue weighted by Crippen LogP contribution is 2.41. The molecule has 0 amide bonds. The normalized spacial score (nSPS) is 14.7. The van der Waals surface area contributed by atoms with E-state index in [0.29, 0.717) is 6.42 Å². The van der Waals surface area contributed by atoms with Gasteiger partial charge in [-0.05, 0) is 18.4 Å². The maximum Gasteiger partial charge on any atom is 0.317 e. The van der Waals surface area contributed by atoms with E-state index in [1.54, 1.807) is 0 Å². The Bertz CT molecular complexity index is 408. The first-order valence-electron chi connectivity index (χ1n) is 8.53. The summed E-state index contributed by atoms with van der Waals surface area (Å²) in [7, 11) is 4.46. The minimum Gasteiger partial charge on any atom is -0.377 e. The molecule has 1 aromatic rings. The minimum absolute atomic E-state index is 0.513. The number of hydrogen-bond acceptors (Lipinski definition) is 4. The Hall–Kier alpha value is -0.940. The molecule has 1 atom stereocenters. The molecule has 0 aromatic heterocycles. The van der Waals surface area contributed by atoms with E-state index in [9.17, 15) is 5.11 Å². The molecule has 1 aromatic carbocycles. The first-order chi connectivity index (χ1) is 11.1. The molecule has 132 valence electrons. The van der Waals surface area contributed by atoms with Crippen molar-refractivity contribution in [2.75, 3.05) is 21.3 Å². The smallest absolute Gasteiger partial charge is 0.317 e. The number of rotatable bonds is 12. The lowest BCUT2D eigenvalue weighted by Gasteiger charge is -2.43. The number of methoxy groups -OCH3 is 3. The second-order valence-electron chi connectivity index (χ2n) is 5.91. The summed E-state index contributed by atoms with van der Waals surface area (Å²) in [6.45, 7) is 2.21. The van der Waals surface area contributed by atoms with E-state index in [-0.39, 0.29) is 0 Å². The Morgan fingerprint density at radius 3 is 1.87 bits per heavy atom. The maximum absolute atomic E-state index is 11.4. The average Bonchev–Trinajstić information content (AvgIpc) is 2.60. The summed E-state index contributed by atoms with van der Waals surface area (Å²) in [5.41, 5.74) is -0.629. The monoisotopic (exact) mass is 324 g/mol. The van der Waals surface area contributed by atoms with Crippen molar-refractivity contribution in [1.29, 1.82) is 0 Å². The molecule has 4 nitrogen and oxygen atoms in total. The molecule has 0 fully saturated rings. The highest BCUT2D eigenvalue weighted by Gasteiger charge is 2.53. The molecule has 1 rings (SSSR count). The molecule has 0 radical (unpaired) electrons. The number of benzene rings is 1. The Balaban J connectivity index is 2.89. The third-order valence-electron chi connectivity index (χ3n) is 4.46. The van der Waals surface area contributed by atoms with Crippen LogP contribution in [0, 0.1) is 0 Å². The zero-order valence-corrected chi connectivity index (χ0v) is 15.0. The topological polar surface area (TPSA) is 47.9 Å². The summed E-state index contributed by atoms with van der Waals surface area (Å²) < 4.78 is 16.4. The zero-order valence-electron chi connectivity index (χ0n) is 15.0. The van der Waals surface area contributed by atoms with Gasteiger partial charge in [-0.3, -0.25) is 0 Å². The summed E-state index contributed by atoms with van der Waals surface area (Å²) in [6, 6.07) is 9.47. The summed E-state index contributed by atoms with van der Waals surface area (Å²) in [6.07, 6.45) is 7.38. The third kappa shape index (κ3) is 4.77. The second kappa shape index (κ2) is 10.0. The van der Waals surface area contributed by atoms with Gasteiger partial charge in [0.2, 0.25) is 0 Å². The lowest BCUT2D eigenvalue weighted by molar-refractivity contribution is -0.426. The van der Waals surface area contributed by atoms with Gasteiger partial charge in [-0.2, -0.15) is 0 Å². The number of unbranched alkanes of at least 4 members (excludes halogenated alkanes) is 5. The van der Waals surface area contributed by atoms with Crippen LogP contribution >= 0.6 is 0 Å². The van der Waals surface area contributed by atoms with E-state index >= 15 is 0 Å². The molecule has 0 heterocycles. The number of hydrogen-bond donors (Lipinski definition) is 1. The van der Waals surface area contributed by atoms with Crippen LogP contribution in [-0.2, 0) is 19.8 Å². The van der Waals surface area contributed by atoms with Crippen molar-refractivity contribution >= 4 is 0 Å². The highest BCUT2D eigenvalue weighted by atomic mass is 16.9. The first-order valence-corrected chi connectivity index (χ1v) is 8.53. The standard InChI is InChI=1S/C19H32O4/c1-5-6-7-8-9-13-16-18(20,17-14-11-10-12-15-17)19(21-2,22-3)23-4/h10-12,14-15,20H,5-9,13,16H2,1-4H3. The molecule has 0 saturated heterocycles. The predicted molar refractivity (Wildman–Crippen MR) is 92.1 cm³/mol. The second-order valence-corrected chi connectivity index (χ2v) is 5.91. The van der Waals surface area contributed by atoms with Crippen LogP contribution in [0.15, 0.2) is 30.3 Å². The summed E-state index contributed by atoms with van der Waals surface area (Å²) >= 11 is 0. The van der Waals surface area contributed by atoms with Crippen LogP contribution in [0.25, 0.3) is 0 Å². The minimum atomic E-state index is -1.52. The van der Waals surface area contributed by atoms with E-state index < -0.39 is 11.6 Å². The van der Waals surface area contributed by atoms with E-state index in [1.807, 2.05) is 30.3 Å². The molecule has 1 N–H and O–H groups in total. The fraction of sp³-hybridized carbons (Fsp3) is 0.684. The van der Waals surface area contributed by atoms with Crippen LogP contribution < -0.4 is 0 Å². The van der Waals surface area contributed by atoms with Gasteiger partial charge in [-0.15, -0.1) is 0 Å².